The molecular formula is C24H29NO3. The molecule has 0 saturated carbocycles. The Morgan fingerprint density at radius 2 is 1.79 bits per heavy atom. The Kier molecular flexibility index (Phi) is 5.96. The molecule has 28 heavy (non-hydrogen) atoms. The quantitative estimate of drug-likeness (QED) is 0.417. The third-order valence-electron chi connectivity index (χ3n) is 5.81. The Balaban J connectivity index is 1.28. The highest BCUT2D eigenvalue weighted by molar-refractivity contribution is 5.90. The molecule has 2 aromatic carbocycles. The van der Waals surface area contributed by atoms with Crippen molar-refractivity contribution >= 4 is 21.9 Å². The van der Waals surface area contributed by atoms with E-state index in [1.54, 1.807) is 6.07 Å². The van der Waals surface area contributed by atoms with Crippen LogP contribution < -0.4 is 10.2 Å². The van der Waals surface area contributed by atoms with E-state index in [4.69, 9.17) is 9.15 Å². The number of piperidine rings is 1. The molecule has 2 heterocycles. The minimum Gasteiger partial charge on any atom is -0.494 e. The summed E-state index contributed by atoms with van der Waals surface area (Å²) in [6.45, 7) is 6.75. The molecule has 0 aliphatic carbocycles. The van der Waals surface area contributed by atoms with Crippen LogP contribution in [0.4, 0.5) is 0 Å². The first kappa shape index (κ1) is 19.0. The average molecular weight is 380 g/mol. The van der Waals surface area contributed by atoms with Gasteiger partial charge < -0.3 is 14.1 Å². The average Bonchev–Trinajstić information content (AvgIpc) is 2.72. The third kappa shape index (κ3) is 4.39. The molecule has 1 aliphatic rings. The van der Waals surface area contributed by atoms with Crippen molar-refractivity contribution in [3.05, 3.63) is 52.7 Å². The highest BCUT2D eigenvalue weighted by Crippen LogP contribution is 2.23. The Labute approximate surface area is 166 Å². The van der Waals surface area contributed by atoms with Gasteiger partial charge in [-0.05, 0) is 88.0 Å². The summed E-state index contributed by atoms with van der Waals surface area (Å²) in [5.74, 6) is 1.63. The largest absolute Gasteiger partial charge is 0.494 e. The van der Waals surface area contributed by atoms with Gasteiger partial charge in [0.05, 0.1) is 17.4 Å². The Morgan fingerprint density at radius 3 is 2.64 bits per heavy atom. The van der Waals surface area contributed by atoms with Crippen LogP contribution in [0.15, 0.2) is 51.7 Å². The van der Waals surface area contributed by atoms with E-state index in [1.165, 1.54) is 45.3 Å². The van der Waals surface area contributed by atoms with Crippen molar-refractivity contribution in [1.82, 2.24) is 4.90 Å². The highest BCUT2D eigenvalue weighted by atomic mass is 16.5. The molecule has 1 fully saturated rings. The van der Waals surface area contributed by atoms with Gasteiger partial charge in [0.2, 0.25) is 5.43 Å². The third-order valence-corrected chi connectivity index (χ3v) is 5.81. The molecule has 1 aromatic heterocycles. The Morgan fingerprint density at radius 1 is 1.00 bits per heavy atom. The number of para-hydroxylation sites is 1. The normalized spacial score (nSPS) is 16.0. The lowest BCUT2D eigenvalue weighted by atomic mass is 9.99. The van der Waals surface area contributed by atoms with Crippen LogP contribution in [0.1, 0.15) is 39.0 Å². The zero-order valence-corrected chi connectivity index (χ0v) is 16.7. The lowest BCUT2D eigenvalue weighted by Gasteiger charge is -2.30. The second-order valence-electron chi connectivity index (χ2n) is 8.02. The number of nitrogens with zero attached hydrogens (tertiary/aromatic N) is 1. The molecule has 148 valence electrons. The van der Waals surface area contributed by atoms with Crippen LogP contribution in [-0.4, -0.2) is 31.1 Å². The van der Waals surface area contributed by atoms with Gasteiger partial charge in [0, 0.05) is 0 Å². The van der Waals surface area contributed by atoms with Gasteiger partial charge in [-0.3, -0.25) is 4.79 Å². The lowest BCUT2D eigenvalue weighted by molar-refractivity contribution is 0.187. The zero-order valence-electron chi connectivity index (χ0n) is 16.7. The topological polar surface area (TPSA) is 42.7 Å². The van der Waals surface area contributed by atoms with E-state index in [-0.39, 0.29) is 5.43 Å². The minimum absolute atomic E-state index is 0.00171. The molecule has 4 rings (SSSR count). The summed E-state index contributed by atoms with van der Waals surface area (Å²) in [7, 11) is 0. The van der Waals surface area contributed by atoms with Gasteiger partial charge in [-0.1, -0.05) is 19.1 Å². The molecule has 0 amide bonds. The summed E-state index contributed by atoms with van der Waals surface area (Å²) in [5, 5.41) is 1.19. The number of benzene rings is 2. The lowest BCUT2D eigenvalue weighted by Crippen LogP contribution is -2.33. The number of hydrogen-bond acceptors (Lipinski definition) is 4. The van der Waals surface area contributed by atoms with Gasteiger partial charge in [0.1, 0.15) is 16.9 Å². The molecule has 0 N–H and O–H groups in total. The summed E-state index contributed by atoms with van der Waals surface area (Å²) < 4.78 is 11.7. The fourth-order valence-electron chi connectivity index (χ4n) is 3.96. The van der Waals surface area contributed by atoms with Crippen LogP contribution in [0.25, 0.3) is 21.9 Å². The fourth-order valence-corrected chi connectivity index (χ4v) is 3.96. The number of ether oxygens (including phenoxy) is 1. The first-order valence-corrected chi connectivity index (χ1v) is 10.5. The monoisotopic (exact) mass is 379 g/mol. The summed E-state index contributed by atoms with van der Waals surface area (Å²) in [6, 6.07) is 12.9. The van der Waals surface area contributed by atoms with Gasteiger partial charge in [-0.25, -0.2) is 0 Å². The fraction of sp³-hybridized carbons (Fsp3) is 0.458. The molecule has 3 aromatic rings. The van der Waals surface area contributed by atoms with E-state index in [1.807, 2.05) is 36.4 Å². The predicted molar refractivity (Wildman–Crippen MR) is 114 cm³/mol. The van der Waals surface area contributed by atoms with Crippen LogP contribution >= 0.6 is 0 Å². The number of likely N-dealkylation sites (tertiary alicyclic amines) is 1. The van der Waals surface area contributed by atoms with Gasteiger partial charge in [-0.15, -0.1) is 0 Å². The van der Waals surface area contributed by atoms with Crippen molar-refractivity contribution < 1.29 is 9.15 Å². The summed E-state index contributed by atoms with van der Waals surface area (Å²) >= 11 is 0. The molecule has 1 saturated heterocycles. The Hall–Kier alpha value is -2.33. The first-order valence-electron chi connectivity index (χ1n) is 10.5. The van der Waals surface area contributed by atoms with E-state index in [0.717, 1.165) is 18.1 Å². The van der Waals surface area contributed by atoms with Crippen molar-refractivity contribution in [1.29, 1.82) is 0 Å². The summed E-state index contributed by atoms with van der Waals surface area (Å²) in [4.78, 5) is 15.3. The molecule has 0 unspecified atom stereocenters. The van der Waals surface area contributed by atoms with Gasteiger partial charge >= 0.3 is 0 Å². The van der Waals surface area contributed by atoms with Crippen LogP contribution in [-0.2, 0) is 0 Å². The van der Waals surface area contributed by atoms with Crippen LogP contribution in [0, 0.1) is 5.92 Å². The van der Waals surface area contributed by atoms with Crippen molar-refractivity contribution in [2.75, 3.05) is 26.2 Å². The molecule has 0 radical (unpaired) electrons. The summed E-state index contributed by atoms with van der Waals surface area (Å²) in [6.07, 6.45) is 6.12. The van der Waals surface area contributed by atoms with Crippen molar-refractivity contribution in [2.45, 2.75) is 39.0 Å². The smallest absolute Gasteiger partial charge is 0.200 e. The Bertz CT molecular complexity index is 986. The van der Waals surface area contributed by atoms with Crippen molar-refractivity contribution in [3.8, 4) is 5.75 Å². The second-order valence-corrected chi connectivity index (χ2v) is 8.02. The number of fused-ring (bicyclic) bond motifs is 2. The van der Waals surface area contributed by atoms with Gasteiger partial charge in [0.25, 0.3) is 0 Å². The number of unbranched alkanes of at least 4 members (excludes halogenated alkanes) is 2. The maximum atomic E-state index is 12.7. The molecule has 0 spiro atoms. The number of hydrogen-bond donors (Lipinski definition) is 0. The standard InChI is InChI=1S/C24H29NO3/c1-18-11-14-25(15-12-18)13-5-2-6-16-27-19-9-10-23-21(17-19)24(26)20-7-3-4-8-22(20)28-23/h3-4,7-10,17-18H,2,5-6,11-16H2,1H3. The maximum Gasteiger partial charge on any atom is 0.200 e. The van der Waals surface area contributed by atoms with E-state index >= 15 is 0 Å². The first-order chi connectivity index (χ1) is 13.7. The van der Waals surface area contributed by atoms with E-state index < -0.39 is 0 Å². The SMILES string of the molecule is CC1CCN(CCCCCOc2ccc3oc4ccccc4c(=O)c3c2)CC1. The zero-order chi connectivity index (χ0) is 19.3. The molecule has 4 heteroatoms. The summed E-state index contributed by atoms with van der Waals surface area (Å²) in [5.41, 5.74) is 1.22. The van der Waals surface area contributed by atoms with Gasteiger partial charge in [-0.2, -0.15) is 0 Å². The van der Waals surface area contributed by atoms with E-state index in [0.29, 0.717) is 28.5 Å². The van der Waals surface area contributed by atoms with Crippen LogP contribution in [0.5, 0.6) is 5.75 Å². The highest BCUT2D eigenvalue weighted by Gasteiger charge is 2.14. The van der Waals surface area contributed by atoms with Crippen molar-refractivity contribution in [2.24, 2.45) is 5.92 Å². The van der Waals surface area contributed by atoms with Crippen LogP contribution in [0.2, 0.25) is 0 Å². The van der Waals surface area contributed by atoms with Crippen LogP contribution in [0.3, 0.4) is 0 Å². The number of rotatable bonds is 7. The van der Waals surface area contributed by atoms with Crippen molar-refractivity contribution in [3.63, 3.8) is 0 Å². The minimum atomic E-state index is -0.00171. The molecule has 4 nitrogen and oxygen atoms in total. The molecule has 0 atom stereocenters. The molecular weight excluding hydrogens is 350 g/mol. The molecule has 0 bridgehead atoms. The van der Waals surface area contributed by atoms with E-state index in [9.17, 15) is 4.79 Å². The predicted octanol–water partition coefficient (Wildman–Crippen LogP) is 5.23. The second kappa shape index (κ2) is 8.78. The molecule has 1 aliphatic heterocycles. The van der Waals surface area contributed by atoms with E-state index in [2.05, 4.69) is 11.8 Å². The van der Waals surface area contributed by atoms with Gasteiger partial charge in [0.15, 0.2) is 0 Å². The maximum absolute atomic E-state index is 12.7.